The Morgan fingerprint density at radius 3 is 2.79 bits per heavy atom. The molecule has 0 bridgehead atoms. The Hall–Kier alpha value is -1.59. The minimum absolute atomic E-state index is 0.0149. The van der Waals surface area contributed by atoms with Gasteiger partial charge in [-0.05, 0) is 43.5 Å². The van der Waals surface area contributed by atoms with Gasteiger partial charge < -0.3 is 15.1 Å². The first-order valence-electron chi connectivity index (χ1n) is 8.68. The zero-order valence-corrected chi connectivity index (χ0v) is 14.3. The van der Waals surface area contributed by atoms with E-state index in [0.717, 1.165) is 32.6 Å². The molecule has 3 fully saturated rings. The normalized spacial score (nSPS) is 29.9. The van der Waals surface area contributed by atoms with Crippen LogP contribution in [0.1, 0.15) is 12.8 Å². The minimum Gasteiger partial charge on any atom is -0.342 e. The summed E-state index contributed by atoms with van der Waals surface area (Å²) in [6.07, 6.45) is 1.35. The molecule has 0 spiro atoms. The van der Waals surface area contributed by atoms with Crippen LogP contribution in [0.25, 0.3) is 0 Å². The number of hydrogen-bond acceptors (Lipinski definition) is 3. The third-order valence-corrected chi connectivity index (χ3v) is 5.95. The van der Waals surface area contributed by atoms with Gasteiger partial charge in [0.25, 0.3) is 0 Å². The quantitative estimate of drug-likeness (QED) is 0.887. The largest absolute Gasteiger partial charge is 0.342 e. The summed E-state index contributed by atoms with van der Waals surface area (Å²) in [5.74, 6) is 1.14. The number of halogens is 1. The van der Waals surface area contributed by atoms with Gasteiger partial charge in [-0.15, -0.1) is 0 Å². The van der Waals surface area contributed by atoms with Crippen molar-refractivity contribution >= 4 is 29.1 Å². The van der Waals surface area contributed by atoms with Crippen LogP contribution in [0.15, 0.2) is 24.3 Å². The molecule has 0 aromatic heterocycles. The molecular weight excluding hydrogens is 326 g/mol. The number of anilines is 1. The molecule has 0 saturated carbocycles. The SMILES string of the molecule is O=C([C@@H]1CC(=O)N(c2ccccc2Cl)C1)N1CC[C@H]2CNC[C@@H]2C1. The first kappa shape index (κ1) is 15.9. The highest BCUT2D eigenvalue weighted by Gasteiger charge is 2.41. The van der Waals surface area contributed by atoms with Crippen LogP contribution in [-0.2, 0) is 9.59 Å². The van der Waals surface area contributed by atoms with Crippen molar-refractivity contribution in [2.24, 2.45) is 17.8 Å². The van der Waals surface area contributed by atoms with Crippen molar-refractivity contribution < 1.29 is 9.59 Å². The number of carbonyl (C=O) groups is 2. The summed E-state index contributed by atoms with van der Waals surface area (Å²) in [5, 5.41) is 3.97. The first-order chi connectivity index (χ1) is 11.6. The van der Waals surface area contributed by atoms with E-state index in [2.05, 4.69) is 5.32 Å². The summed E-state index contributed by atoms with van der Waals surface area (Å²) in [4.78, 5) is 28.9. The number of hydrogen-bond donors (Lipinski definition) is 1. The Bertz CT molecular complexity index is 665. The Balaban J connectivity index is 1.45. The van der Waals surface area contributed by atoms with E-state index >= 15 is 0 Å². The predicted octanol–water partition coefficient (Wildman–Crippen LogP) is 1.76. The van der Waals surface area contributed by atoms with Crippen molar-refractivity contribution in [3.63, 3.8) is 0 Å². The lowest BCUT2D eigenvalue weighted by Gasteiger charge is -2.35. The van der Waals surface area contributed by atoms with Crippen LogP contribution in [0.5, 0.6) is 0 Å². The Morgan fingerprint density at radius 2 is 1.96 bits per heavy atom. The number of nitrogens with one attached hydrogen (secondary N) is 1. The minimum atomic E-state index is -0.250. The highest BCUT2D eigenvalue weighted by Crippen LogP contribution is 2.33. The molecule has 0 radical (unpaired) electrons. The fourth-order valence-corrected chi connectivity index (χ4v) is 4.51. The standard InChI is InChI=1S/C18H22ClN3O2/c19-15-3-1-2-4-16(15)22-11-13(7-17(22)23)18(24)21-6-5-12-8-20-9-14(12)10-21/h1-4,12-14,20H,5-11H2/t12-,13+,14+/m0/s1. The lowest BCUT2D eigenvalue weighted by atomic mass is 9.88. The number of carbonyl (C=O) groups excluding carboxylic acids is 2. The molecule has 0 unspecified atom stereocenters. The third-order valence-electron chi connectivity index (χ3n) is 5.63. The average Bonchev–Trinajstić information content (AvgIpc) is 3.20. The van der Waals surface area contributed by atoms with Crippen molar-refractivity contribution in [1.29, 1.82) is 0 Å². The van der Waals surface area contributed by atoms with Crippen LogP contribution in [-0.4, -0.2) is 49.4 Å². The zero-order valence-electron chi connectivity index (χ0n) is 13.6. The molecule has 6 heteroatoms. The molecule has 5 nitrogen and oxygen atoms in total. The maximum absolute atomic E-state index is 12.9. The lowest BCUT2D eigenvalue weighted by Crippen LogP contribution is -2.46. The Morgan fingerprint density at radius 1 is 1.17 bits per heavy atom. The van der Waals surface area contributed by atoms with E-state index in [4.69, 9.17) is 11.6 Å². The molecule has 4 rings (SSSR count). The average molecular weight is 348 g/mol. The Kier molecular flexibility index (Phi) is 4.22. The first-order valence-corrected chi connectivity index (χ1v) is 9.05. The highest BCUT2D eigenvalue weighted by atomic mass is 35.5. The van der Waals surface area contributed by atoms with Gasteiger partial charge in [0.1, 0.15) is 0 Å². The van der Waals surface area contributed by atoms with E-state index in [1.54, 1.807) is 11.0 Å². The molecule has 1 aromatic rings. The van der Waals surface area contributed by atoms with Gasteiger partial charge in [0.05, 0.1) is 16.6 Å². The number of piperidine rings is 1. The molecule has 3 atom stereocenters. The van der Waals surface area contributed by atoms with Crippen LogP contribution in [0.2, 0.25) is 5.02 Å². The number of nitrogens with zero attached hydrogens (tertiary/aromatic N) is 2. The molecule has 128 valence electrons. The number of benzene rings is 1. The molecule has 3 aliphatic rings. The zero-order chi connectivity index (χ0) is 16.7. The van der Waals surface area contributed by atoms with Crippen LogP contribution < -0.4 is 10.2 Å². The van der Waals surface area contributed by atoms with Crippen LogP contribution in [0.3, 0.4) is 0 Å². The van der Waals surface area contributed by atoms with Gasteiger partial charge >= 0.3 is 0 Å². The molecule has 0 aliphatic carbocycles. The second-order valence-corrected chi connectivity index (χ2v) is 7.52. The van der Waals surface area contributed by atoms with Crippen molar-refractivity contribution in [2.45, 2.75) is 12.8 Å². The highest BCUT2D eigenvalue weighted by molar-refractivity contribution is 6.33. The second kappa shape index (κ2) is 6.37. The van der Waals surface area contributed by atoms with Crippen LogP contribution in [0, 0.1) is 17.8 Å². The van der Waals surface area contributed by atoms with Gasteiger partial charge in [-0.1, -0.05) is 23.7 Å². The summed E-state index contributed by atoms with van der Waals surface area (Å²) < 4.78 is 0. The smallest absolute Gasteiger partial charge is 0.228 e. The van der Waals surface area contributed by atoms with Crippen LogP contribution >= 0.6 is 11.6 Å². The maximum Gasteiger partial charge on any atom is 0.228 e. The fraction of sp³-hybridized carbons (Fsp3) is 0.556. The molecule has 1 aromatic carbocycles. The van der Waals surface area contributed by atoms with Crippen molar-refractivity contribution in [1.82, 2.24) is 10.2 Å². The molecular formula is C18H22ClN3O2. The molecule has 2 amide bonds. The van der Waals surface area contributed by atoms with Gasteiger partial charge in [-0.3, -0.25) is 9.59 Å². The number of rotatable bonds is 2. The number of likely N-dealkylation sites (tertiary alicyclic amines) is 1. The summed E-state index contributed by atoms with van der Waals surface area (Å²) in [7, 11) is 0. The second-order valence-electron chi connectivity index (χ2n) is 7.11. The molecule has 3 aliphatic heterocycles. The monoisotopic (exact) mass is 347 g/mol. The number of para-hydroxylation sites is 1. The van der Waals surface area contributed by atoms with E-state index < -0.39 is 0 Å². The van der Waals surface area contributed by atoms with E-state index in [-0.39, 0.29) is 24.2 Å². The van der Waals surface area contributed by atoms with E-state index in [9.17, 15) is 9.59 Å². The number of fused-ring (bicyclic) bond motifs is 1. The van der Waals surface area contributed by atoms with Gasteiger partial charge in [0.15, 0.2) is 0 Å². The summed E-state index contributed by atoms with van der Waals surface area (Å²) >= 11 is 6.21. The summed E-state index contributed by atoms with van der Waals surface area (Å²) in [6.45, 7) is 4.16. The van der Waals surface area contributed by atoms with E-state index in [1.165, 1.54) is 0 Å². The van der Waals surface area contributed by atoms with Crippen LogP contribution in [0.4, 0.5) is 5.69 Å². The molecule has 3 saturated heterocycles. The molecule has 1 N–H and O–H groups in total. The lowest BCUT2D eigenvalue weighted by molar-refractivity contribution is -0.138. The molecule has 24 heavy (non-hydrogen) atoms. The predicted molar refractivity (Wildman–Crippen MR) is 93.0 cm³/mol. The summed E-state index contributed by atoms with van der Waals surface area (Å²) in [6, 6.07) is 7.32. The van der Waals surface area contributed by atoms with Crippen molar-refractivity contribution in [3.8, 4) is 0 Å². The Labute approximate surface area is 146 Å². The van der Waals surface area contributed by atoms with Crippen molar-refractivity contribution in [3.05, 3.63) is 29.3 Å². The number of amides is 2. The van der Waals surface area contributed by atoms with Crippen molar-refractivity contribution in [2.75, 3.05) is 37.6 Å². The van der Waals surface area contributed by atoms with Gasteiger partial charge in [-0.25, -0.2) is 0 Å². The van der Waals surface area contributed by atoms with Gasteiger partial charge in [0, 0.05) is 26.1 Å². The van der Waals surface area contributed by atoms with Gasteiger partial charge in [0.2, 0.25) is 11.8 Å². The van der Waals surface area contributed by atoms with Gasteiger partial charge in [-0.2, -0.15) is 0 Å². The van der Waals surface area contributed by atoms with E-state index in [1.807, 2.05) is 23.1 Å². The molecule has 3 heterocycles. The van der Waals surface area contributed by atoms with E-state index in [0.29, 0.717) is 29.1 Å². The maximum atomic E-state index is 12.9. The summed E-state index contributed by atoms with van der Waals surface area (Å²) in [5.41, 5.74) is 0.707. The third kappa shape index (κ3) is 2.80. The topological polar surface area (TPSA) is 52.7 Å². The fourth-order valence-electron chi connectivity index (χ4n) is 4.27.